The highest BCUT2D eigenvalue weighted by Gasteiger charge is 2.45. The van der Waals surface area contributed by atoms with E-state index in [1.165, 1.54) is 11.1 Å². The van der Waals surface area contributed by atoms with Gasteiger partial charge in [0.25, 0.3) is 0 Å². The van der Waals surface area contributed by atoms with Gasteiger partial charge in [-0.15, -0.1) is 0 Å². The Labute approximate surface area is 94.8 Å². The predicted molar refractivity (Wildman–Crippen MR) is 60.6 cm³/mol. The molecule has 3 rings (SSSR count). The zero-order chi connectivity index (χ0) is 11.2. The van der Waals surface area contributed by atoms with Crippen LogP contribution < -0.4 is 10.1 Å². The van der Waals surface area contributed by atoms with Crippen molar-refractivity contribution in [2.24, 2.45) is 0 Å². The van der Waals surface area contributed by atoms with Crippen LogP contribution in [0.4, 0.5) is 0 Å². The van der Waals surface area contributed by atoms with Gasteiger partial charge in [0.05, 0.1) is 7.11 Å². The fourth-order valence-electron chi connectivity index (χ4n) is 3.08. The normalized spacial score (nSPS) is 26.9. The second-order valence-electron chi connectivity index (χ2n) is 4.72. The van der Waals surface area contributed by atoms with Gasteiger partial charge in [-0.25, -0.2) is 0 Å². The number of amides is 1. The molecule has 3 nitrogen and oxygen atoms in total. The Hall–Kier alpha value is -1.51. The van der Waals surface area contributed by atoms with Crippen molar-refractivity contribution < 1.29 is 9.53 Å². The van der Waals surface area contributed by atoms with Gasteiger partial charge < -0.3 is 10.1 Å². The fourth-order valence-corrected chi connectivity index (χ4v) is 3.08. The lowest BCUT2D eigenvalue weighted by Gasteiger charge is -2.22. The Morgan fingerprint density at radius 2 is 2.31 bits per heavy atom. The number of carbonyl (C=O) groups excluding carboxylic acids is 1. The summed E-state index contributed by atoms with van der Waals surface area (Å²) >= 11 is 0. The summed E-state index contributed by atoms with van der Waals surface area (Å²) in [5.74, 6) is 1.14. The zero-order valence-corrected chi connectivity index (χ0v) is 9.38. The first-order chi connectivity index (χ1) is 7.75. The van der Waals surface area contributed by atoms with E-state index in [-0.39, 0.29) is 11.3 Å². The van der Waals surface area contributed by atoms with Crippen LogP contribution >= 0.6 is 0 Å². The van der Waals surface area contributed by atoms with Gasteiger partial charge >= 0.3 is 0 Å². The van der Waals surface area contributed by atoms with E-state index in [4.69, 9.17) is 4.74 Å². The number of fused-ring (bicyclic) bond motifs is 2. The van der Waals surface area contributed by atoms with Crippen molar-refractivity contribution in [3.05, 3.63) is 29.3 Å². The van der Waals surface area contributed by atoms with Gasteiger partial charge in [-0.1, -0.05) is 12.1 Å². The largest absolute Gasteiger partial charge is 0.496 e. The summed E-state index contributed by atoms with van der Waals surface area (Å²) in [6.07, 6.45) is 2.71. The van der Waals surface area contributed by atoms with E-state index in [0.29, 0.717) is 6.42 Å². The summed E-state index contributed by atoms with van der Waals surface area (Å²) in [7, 11) is 1.71. The minimum absolute atomic E-state index is 0.0426. The van der Waals surface area contributed by atoms with Crippen molar-refractivity contribution in [2.45, 2.75) is 24.7 Å². The molecule has 1 aliphatic heterocycles. The highest BCUT2D eigenvalue weighted by molar-refractivity contribution is 5.81. The quantitative estimate of drug-likeness (QED) is 0.772. The molecule has 1 heterocycles. The molecule has 0 saturated carbocycles. The smallest absolute Gasteiger partial charge is 0.220 e. The van der Waals surface area contributed by atoms with E-state index >= 15 is 0 Å². The first-order valence-corrected chi connectivity index (χ1v) is 5.68. The first kappa shape index (κ1) is 9.70. The van der Waals surface area contributed by atoms with Crippen molar-refractivity contribution in [3.63, 3.8) is 0 Å². The third-order valence-electron chi connectivity index (χ3n) is 3.90. The molecule has 3 heteroatoms. The maximum Gasteiger partial charge on any atom is 0.220 e. The molecule has 1 amide bonds. The van der Waals surface area contributed by atoms with Crippen molar-refractivity contribution in [1.82, 2.24) is 5.32 Å². The molecule has 0 bridgehead atoms. The number of ether oxygens (including phenoxy) is 1. The van der Waals surface area contributed by atoms with E-state index < -0.39 is 0 Å². The number of hydrogen-bond donors (Lipinski definition) is 1. The Morgan fingerprint density at radius 1 is 1.44 bits per heavy atom. The van der Waals surface area contributed by atoms with E-state index in [9.17, 15) is 4.79 Å². The summed E-state index contributed by atoms with van der Waals surface area (Å²) in [6, 6.07) is 6.17. The molecule has 0 aromatic heterocycles. The van der Waals surface area contributed by atoms with Crippen molar-refractivity contribution in [1.29, 1.82) is 0 Å². The van der Waals surface area contributed by atoms with E-state index in [0.717, 1.165) is 25.1 Å². The Bertz CT molecular complexity index is 455. The van der Waals surface area contributed by atoms with Gasteiger partial charge in [0.2, 0.25) is 5.91 Å². The van der Waals surface area contributed by atoms with Gasteiger partial charge in [0, 0.05) is 18.4 Å². The van der Waals surface area contributed by atoms with Crippen LogP contribution in [-0.2, 0) is 16.6 Å². The van der Waals surface area contributed by atoms with Crippen LogP contribution in [0.1, 0.15) is 24.0 Å². The zero-order valence-electron chi connectivity index (χ0n) is 9.38. The van der Waals surface area contributed by atoms with Crippen LogP contribution in [-0.4, -0.2) is 19.6 Å². The average Bonchev–Trinajstić information content (AvgIpc) is 2.85. The Kier molecular flexibility index (Phi) is 1.96. The van der Waals surface area contributed by atoms with Crippen LogP contribution in [0.3, 0.4) is 0 Å². The average molecular weight is 217 g/mol. The third-order valence-corrected chi connectivity index (χ3v) is 3.90. The molecule has 1 aliphatic carbocycles. The van der Waals surface area contributed by atoms with Crippen molar-refractivity contribution in [2.75, 3.05) is 13.7 Å². The van der Waals surface area contributed by atoms with Gasteiger partial charge in [-0.05, 0) is 30.0 Å². The molecule has 1 spiro atoms. The minimum atomic E-state index is 0.0426. The SMILES string of the molecule is COc1cccc2c1CCC21CNC(=O)C1. The molecule has 84 valence electrons. The standard InChI is InChI=1S/C13H15NO2/c1-16-11-4-2-3-10-9(11)5-6-13(10)7-12(15)14-8-13/h2-4H,5-8H2,1H3,(H,14,15). The number of rotatable bonds is 1. The topological polar surface area (TPSA) is 38.3 Å². The number of carbonyl (C=O) groups is 1. The Balaban J connectivity index is 2.09. The molecule has 1 fully saturated rings. The monoisotopic (exact) mass is 217 g/mol. The molecule has 1 atom stereocenters. The predicted octanol–water partition coefficient (Wildman–Crippen LogP) is 1.40. The third kappa shape index (κ3) is 1.17. The summed E-state index contributed by atoms with van der Waals surface area (Å²) in [4.78, 5) is 11.4. The number of benzene rings is 1. The van der Waals surface area contributed by atoms with Crippen LogP contribution in [0.5, 0.6) is 5.75 Å². The maximum atomic E-state index is 11.4. The second kappa shape index (κ2) is 3.24. The lowest BCUT2D eigenvalue weighted by molar-refractivity contribution is -0.119. The lowest BCUT2D eigenvalue weighted by atomic mass is 9.81. The maximum absolute atomic E-state index is 11.4. The molecule has 1 aromatic carbocycles. The molecule has 1 aromatic rings. The highest BCUT2D eigenvalue weighted by atomic mass is 16.5. The summed E-state index contributed by atoms with van der Waals surface area (Å²) in [6.45, 7) is 0.784. The van der Waals surface area contributed by atoms with Gasteiger partial charge in [0.15, 0.2) is 0 Å². The molecule has 1 N–H and O–H groups in total. The molecule has 1 saturated heterocycles. The first-order valence-electron chi connectivity index (χ1n) is 5.68. The highest BCUT2D eigenvalue weighted by Crippen LogP contribution is 2.46. The van der Waals surface area contributed by atoms with Gasteiger partial charge in [-0.3, -0.25) is 4.79 Å². The molecule has 0 radical (unpaired) electrons. The number of hydrogen-bond acceptors (Lipinski definition) is 2. The Morgan fingerprint density at radius 3 is 3.00 bits per heavy atom. The summed E-state index contributed by atoms with van der Waals surface area (Å²) in [5, 5.41) is 2.95. The van der Waals surface area contributed by atoms with Crippen LogP contribution in [0.25, 0.3) is 0 Å². The van der Waals surface area contributed by atoms with Crippen LogP contribution in [0.2, 0.25) is 0 Å². The van der Waals surface area contributed by atoms with E-state index in [2.05, 4.69) is 11.4 Å². The fraction of sp³-hybridized carbons (Fsp3) is 0.462. The molecule has 16 heavy (non-hydrogen) atoms. The number of methoxy groups -OCH3 is 1. The van der Waals surface area contributed by atoms with Gasteiger partial charge in [-0.2, -0.15) is 0 Å². The second-order valence-corrected chi connectivity index (χ2v) is 4.72. The van der Waals surface area contributed by atoms with Crippen LogP contribution in [0.15, 0.2) is 18.2 Å². The van der Waals surface area contributed by atoms with Crippen molar-refractivity contribution >= 4 is 5.91 Å². The summed E-state index contributed by atoms with van der Waals surface area (Å²) < 4.78 is 5.38. The van der Waals surface area contributed by atoms with Gasteiger partial charge in [0.1, 0.15) is 5.75 Å². The molecular weight excluding hydrogens is 202 g/mol. The lowest BCUT2D eigenvalue weighted by Crippen LogP contribution is -2.25. The molecule has 1 unspecified atom stereocenters. The van der Waals surface area contributed by atoms with E-state index in [1.54, 1.807) is 7.11 Å². The molecule has 2 aliphatic rings. The van der Waals surface area contributed by atoms with Crippen molar-refractivity contribution in [3.8, 4) is 5.75 Å². The summed E-state index contributed by atoms with van der Waals surface area (Å²) in [5.41, 5.74) is 2.65. The van der Waals surface area contributed by atoms with E-state index in [1.807, 2.05) is 12.1 Å². The molecular formula is C13H15NO2. The number of nitrogens with one attached hydrogen (secondary N) is 1. The van der Waals surface area contributed by atoms with Crippen LogP contribution in [0, 0.1) is 0 Å². The minimum Gasteiger partial charge on any atom is -0.496 e.